The summed E-state index contributed by atoms with van der Waals surface area (Å²) in [6, 6.07) is 20.4. The Bertz CT molecular complexity index is 1560. The number of hydrogen-bond acceptors (Lipinski definition) is 7. The summed E-state index contributed by atoms with van der Waals surface area (Å²) in [7, 11) is 3.16. The van der Waals surface area contributed by atoms with Gasteiger partial charge >= 0.3 is 0 Å². The molecule has 0 aliphatic rings. The largest absolute Gasteiger partial charge is 0.493 e. The first-order valence-electron chi connectivity index (χ1n) is 9.92. The Kier molecular flexibility index (Phi) is 4.87. The Balaban J connectivity index is 1.64. The summed E-state index contributed by atoms with van der Waals surface area (Å²) in [5.74, 6) is 1.62. The number of benzene rings is 3. The van der Waals surface area contributed by atoms with E-state index < -0.39 is 0 Å². The normalized spacial score (nSPS) is 11.4. The predicted octanol–water partition coefficient (Wildman–Crippen LogP) is 3.86. The van der Waals surface area contributed by atoms with Crippen LogP contribution in [0.15, 0.2) is 76.6 Å². The van der Waals surface area contributed by atoms with Gasteiger partial charge in [-0.05, 0) is 24.3 Å². The van der Waals surface area contributed by atoms with Gasteiger partial charge in [0.2, 0.25) is 0 Å². The van der Waals surface area contributed by atoms with E-state index in [-0.39, 0.29) is 5.56 Å². The van der Waals surface area contributed by atoms with E-state index in [4.69, 9.17) is 9.47 Å². The molecule has 0 bridgehead atoms. The molecule has 32 heavy (non-hydrogen) atoms. The van der Waals surface area contributed by atoms with Gasteiger partial charge in [-0.3, -0.25) is 10.2 Å². The molecule has 0 saturated heterocycles. The van der Waals surface area contributed by atoms with Crippen LogP contribution < -0.4 is 20.5 Å². The zero-order chi connectivity index (χ0) is 22.1. The molecule has 0 saturated carbocycles. The number of ether oxygens (including phenoxy) is 2. The first-order valence-corrected chi connectivity index (χ1v) is 9.92. The van der Waals surface area contributed by atoms with Gasteiger partial charge < -0.3 is 9.47 Å². The highest BCUT2D eigenvalue weighted by atomic mass is 16.5. The van der Waals surface area contributed by atoms with Crippen LogP contribution in [-0.2, 0) is 0 Å². The average Bonchev–Trinajstić information content (AvgIpc) is 2.84. The monoisotopic (exact) mass is 425 g/mol. The molecule has 8 heteroatoms. The smallest absolute Gasteiger partial charge is 0.282 e. The molecule has 158 valence electrons. The zero-order valence-electron chi connectivity index (χ0n) is 17.4. The van der Waals surface area contributed by atoms with Gasteiger partial charge in [0.15, 0.2) is 23.0 Å². The number of methoxy groups -OCH3 is 2. The molecule has 5 rings (SSSR count). The van der Waals surface area contributed by atoms with Crippen LogP contribution >= 0.6 is 0 Å². The number of hydrogen-bond donors (Lipinski definition) is 1. The maximum absolute atomic E-state index is 13.1. The fourth-order valence-electron chi connectivity index (χ4n) is 3.69. The summed E-state index contributed by atoms with van der Waals surface area (Å²) in [5, 5.41) is 10.9. The van der Waals surface area contributed by atoms with Crippen molar-refractivity contribution in [2.45, 2.75) is 0 Å². The fraction of sp³-hybridized carbons (Fsp3) is 0.0833. The highest BCUT2D eigenvalue weighted by molar-refractivity contribution is 6.01. The molecule has 0 aliphatic carbocycles. The van der Waals surface area contributed by atoms with Crippen LogP contribution in [-0.4, -0.2) is 35.0 Å². The molecule has 5 aromatic rings. The lowest BCUT2D eigenvalue weighted by Gasteiger charge is -2.11. The number of hydrazone groups is 1. The van der Waals surface area contributed by atoms with Crippen molar-refractivity contribution in [3.8, 4) is 11.5 Å². The topological polar surface area (TPSA) is 90.1 Å². The first kappa shape index (κ1) is 19.5. The van der Waals surface area contributed by atoms with Crippen LogP contribution in [0.1, 0.15) is 5.56 Å². The summed E-state index contributed by atoms with van der Waals surface area (Å²) in [5.41, 5.74) is 4.59. The lowest BCUT2D eigenvalue weighted by Crippen LogP contribution is -2.19. The standard InChI is InChI=1S/C24H19N5O3/c1-31-20-13-7-8-15(21(20)32-2)14-25-27-22-16-9-3-4-10-17(16)23-26-19-12-6-5-11-18(19)24(30)29(23)28-22/h3-14H,1-2H3,(H,27,28)/b25-14+. The van der Waals surface area contributed by atoms with Crippen LogP contribution in [0.3, 0.4) is 0 Å². The summed E-state index contributed by atoms with van der Waals surface area (Å²) in [6.07, 6.45) is 1.61. The molecule has 2 heterocycles. The summed E-state index contributed by atoms with van der Waals surface area (Å²) >= 11 is 0. The van der Waals surface area contributed by atoms with Crippen molar-refractivity contribution in [2.75, 3.05) is 19.6 Å². The van der Waals surface area contributed by atoms with Crippen LogP contribution in [0.25, 0.3) is 27.3 Å². The Morgan fingerprint density at radius 1 is 0.906 bits per heavy atom. The number of anilines is 1. The van der Waals surface area contributed by atoms with Crippen LogP contribution in [0.5, 0.6) is 11.5 Å². The van der Waals surface area contributed by atoms with E-state index in [1.165, 1.54) is 4.52 Å². The van der Waals surface area contributed by atoms with Gasteiger partial charge in [0.25, 0.3) is 5.56 Å². The van der Waals surface area contributed by atoms with Crippen molar-refractivity contribution in [1.29, 1.82) is 0 Å². The van der Waals surface area contributed by atoms with E-state index >= 15 is 0 Å². The first-order chi connectivity index (χ1) is 15.7. The van der Waals surface area contributed by atoms with Crippen LogP contribution in [0.2, 0.25) is 0 Å². The van der Waals surface area contributed by atoms with E-state index in [1.54, 1.807) is 26.5 Å². The van der Waals surface area contributed by atoms with E-state index in [0.717, 1.165) is 16.3 Å². The van der Waals surface area contributed by atoms with Crippen molar-refractivity contribution in [3.05, 3.63) is 82.6 Å². The third-order valence-corrected chi connectivity index (χ3v) is 5.18. The Labute approximate surface area is 182 Å². The third-order valence-electron chi connectivity index (χ3n) is 5.18. The van der Waals surface area contributed by atoms with Gasteiger partial charge in [0.1, 0.15) is 0 Å². The molecule has 0 spiro atoms. The molecule has 0 unspecified atom stereocenters. The van der Waals surface area contributed by atoms with Gasteiger partial charge in [0, 0.05) is 16.3 Å². The number of aromatic nitrogens is 3. The van der Waals surface area contributed by atoms with Crippen molar-refractivity contribution in [1.82, 2.24) is 14.6 Å². The van der Waals surface area contributed by atoms with Crippen molar-refractivity contribution >= 4 is 39.4 Å². The van der Waals surface area contributed by atoms with Crippen molar-refractivity contribution in [3.63, 3.8) is 0 Å². The minimum atomic E-state index is -0.238. The molecule has 0 atom stereocenters. The van der Waals surface area contributed by atoms with Crippen molar-refractivity contribution < 1.29 is 9.47 Å². The molecule has 3 aromatic carbocycles. The average molecular weight is 425 g/mol. The molecule has 2 aromatic heterocycles. The van der Waals surface area contributed by atoms with Gasteiger partial charge in [-0.2, -0.15) is 9.62 Å². The molecular weight excluding hydrogens is 406 g/mol. The van der Waals surface area contributed by atoms with E-state index in [0.29, 0.717) is 33.9 Å². The molecular formula is C24H19N5O3. The molecule has 0 fully saturated rings. The highest BCUT2D eigenvalue weighted by Gasteiger charge is 2.13. The van der Waals surface area contributed by atoms with Gasteiger partial charge in [-0.25, -0.2) is 4.98 Å². The molecule has 1 N–H and O–H groups in total. The van der Waals surface area contributed by atoms with Gasteiger partial charge in [0.05, 0.1) is 31.3 Å². The summed E-state index contributed by atoms with van der Waals surface area (Å²) in [4.78, 5) is 17.8. The number of fused-ring (bicyclic) bond motifs is 4. The van der Waals surface area contributed by atoms with E-state index in [9.17, 15) is 4.79 Å². The number of nitrogens with one attached hydrogen (secondary N) is 1. The van der Waals surface area contributed by atoms with Gasteiger partial charge in [-0.15, -0.1) is 5.10 Å². The SMILES string of the molecule is COc1cccc(/C=N/Nc2nn3c(=O)c4ccccc4nc3c3ccccc23)c1OC. The minimum absolute atomic E-state index is 0.238. The Morgan fingerprint density at radius 3 is 2.44 bits per heavy atom. The van der Waals surface area contributed by atoms with E-state index in [2.05, 4.69) is 20.6 Å². The Morgan fingerprint density at radius 2 is 1.66 bits per heavy atom. The third kappa shape index (κ3) is 3.18. The molecule has 8 nitrogen and oxygen atoms in total. The summed E-state index contributed by atoms with van der Waals surface area (Å²) in [6.45, 7) is 0. The number of rotatable bonds is 5. The zero-order valence-corrected chi connectivity index (χ0v) is 17.4. The van der Waals surface area contributed by atoms with Crippen LogP contribution in [0, 0.1) is 0 Å². The fourth-order valence-corrected chi connectivity index (χ4v) is 3.69. The Hall–Kier alpha value is -4.46. The maximum Gasteiger partial charge on any atom is 0.282 e. The lowest BCUT2D eigenvalue weighted by atomic mass is 10.1. The minimum Gasteiger partial charge on any atom is -0.493 e. The van der Waals surface area contributed by atoms with Crippen molar-refractivity contribution in [2.24, 2.45) is 5.10 Å². The number of nitrogens with zero attached hydrogens (tertiary/aromatic N) is 4. The van der Waals surface area contributed by atoms with Gasteiger partial charge in [-0.1, -0.05) is 42.5 Å². The number of para-hydroxylation sites is 2. The maximum atomic E-state index is 13.1. The second kappa shape index (κ2) is 7.99. The van der Waals surface area contributed by atoms with E-state index in [1.807, 2.05) is 60.7 Å². The highest BCUT2D eigenvalue weighted by Crippen LogP contribution is 2.29. The molecule has 0 radical (unpaired) electrons. The molecule has 0 aliphatic heterocycles. The van der Waals surface area contributed by atoms with Crippen LogP contribution in [0.4, 0.5) is 5.82 Å². The second-order valence-corrected chi connectivity index (χ2v) is 7.02. The lowest BCUT2D eigenvalue weighted by molar-refractivity contribution is 0.354. The summed E-state index contributed by atoms with van der Waals surface area (Å²) < 4.78 is 12.1. The molecule has 0 amide bonds. The predicted molar refractivity (Wildman–Crippen MR) is 125 cm³/mol. The quantitative estimate of drug-likeness (QED) is 0.199. The second-order valence-electron chi connectivity index (χ2n) is 7.02.